The predicted octanol–water partition coefficient (Wildman–Crippen LogP) is 1.18. The smallest absolute Gasteiger partial charge is 0.149 e. The van der Waals surface area contributed by atoms with Gasteiger partial charge < -0.3 is 10.6 Å². The molecule has 0 radical (unpaired) electrons. The van der Waals surface area contributed by atoms with E-state index in [0.29, 0.717) is 11.7 Å². The van der Waals surface area contributed by atoms with E-state index in [1.807, 2.05) is 6.07 Å². The van der Waals surface area contributed by atoms with Crippen molar-refractivity contribution in [3.63, 3.8) is 0 Å². The molecule has 19 heavy (non-hydrogen) atoms. The molecule has 1 aromatic heterocycles. The van der Waals surface area contributed by atoms with Gasteiger partial charge in [0.15, 0.2) is 0 Å². The van der Waals surface area contributed by atoms with Crippen molar-refractivity contribution < 1.29 is 0 Å². The van der Waals surface area contributed by atoms with Crippen LogP contribution >= 0.6 is 0 Å². The zero-order valence-electron chi connectivity index (χ0n) is 12.4. The highest BCUT2D eigenvalue weighted by molar-refractivity contribution is 5.30. The number of rotatable bonds is 3. The van der Waals surface area contributed by atoms with E-state index in [1.54, 1.807) is 0 Å². The van der Waals surface area contributed by atoms with E-state index in [2.05, 4.69) is 42.7 Å². The van der Waals surface area contributed by atoms with Crippen LogP contribution in [0.2, 0.25) is 0 Å². The fourth-order valence-electron chi connectivity index (χ4n) is 2.50. The number of anilines is 1. The van der Waals surface area contributed by atoms with Crippen LogP contribution in [0.3, 0.4) is 0 Å². The molecule has 5 heteroatoms. The molecule has 1 aliphatic heterocycles. The van der Waals surface area contributed by atoms with Crippen molar-refractivity contribution in [1.29, 1.82) is 0 Å². The third kappa shape index (κ3) is 3.64. The molecular weight excluding hydrogens is 238 g/mol. The summed E-state index contributed by atoms with van der Waals surface area (Å²) < 4.78 is 0. The van der Waals surface area contributed by atoms with Gasteiger partial charge in [-0.3, -0.25) is 4.90 Å². The molecule has 0 saturated carbocycles. The van der Waals surface area contributed by atoms with Crippen molar-refractivity contribution in [2.24, 2.45) is 5.92 Å². The van der Waals surface area contributed by atoms with Gasteiger partial charge in [0.2, 0.25) is 0 Å². The van der Waals surface area contributed by atoms with E-state index in [9.17, 15) is 0 Å². The van der Waals surface area contributed by atoms with Crippen LogP contribution in [-0.4, -0.2) is 53.5 Å². The maximum atomic E-state index is 5.94. The number of nitrogen functional groups attached to an aromatic ring is 1. The minimum absolute atomic E-state index is 0.244. The van der Waals surface area contributed by atoms with Crippen molar-refractivity contribution in [2.45, 2.75) is 26.3 Å². The Morgan fingerprint density at radius 2 is 2.05 bits per heavy atom. The molecule has 0 bridgehead atoms. The van der Waals surface area contributed by atoms with Gasteiger partial charge in [-0.1, -0.05) is 13.8 Å². The van der Waals surface area contributed by atoms with Gasteiger partial charge in [0.1, 0.15) is 11.6 Å². The Bertz CT molecular complexity index is 432. The minimum atomic E-state index is 0.244. The van der Waals surface area contributed by atoms with Crippen molar-refractivity contribution in [3.05, 3.63) is 17.6 Å². The molecule has 2 N–H and O–H groups in total. The average Bonchev–Trinajstić information content (AvgIpc) is 2.30. The van der Waals surface area contributed by atoms with Crippen LogP contribution in [0.4, 0.5) is 5.82 Å². The number of hydrogen-bond donors (Lipinski definition) is 1. The molecule has 106 valence electrons. The highest BCUT2D eigenvalue weighted by Gasteiger charge is 2.26. The van der Waals surface area contributed by atoms with Crippen molar-refractivity contribution >= 4 is 5.82 Å². The Labute approximate surface area is 115 Å². The van der Waals surface area contributed by atoms with Crippen LogP contribution in [0.25, 0.3) is 0 Å². The summed E-state index contributed by atoms with van der Waals surface area (Å²) in [7, 11) is 4.27. The molecule has 1 aromatic rings. The number of hydrogen-bond acceptors (Lipinski definition) is 5. The maximum Gasteiger partial charge on any atom is 0.149 e. The largest absolute Gasteiger partial charge is 0.384 e. The molecule has 0 aliphatic carbocycles. The van der Waals surface area contributed by atoms with E-state index in [4.69, 9.17) is 10.7 Å². The predicted molar refractivity (Wildman–Crippen MR) is 77.9 cm³/mol. The first-order chi connectivity index (χ1) is 8.95. The van der Waals surface area contributed by atoms with E-state index >= 15 is 0 Å². The standard InChI is InChI=1S/C14H25N5/c1-10(2)7-11-8-13(15)17-14(16-11)12-9-18(3)5-6-19(12)4/h8,10,12H,5-7,9H2,1-4H3,(H2,15,16,17). The lowest BCUT2D eigenvalue weighted by Gasteiger charge is -2.36. The molecule has 1 fully saturated rings. The van der Waals surface area contributed by atoms with Gasteiger partial charge in [-0.25, -0.2) is 9.97 Å². The summed E-state index contributed by atoms with van der Waals surface area (Å²) in [5.41, 5.74) is 6.99. The molecule has 2 heterocycles. The zero-order chi connectivity index (χ0) is 14.0. The number of nitrogens with zero attached hydrogens (tertiary/aromatic N) is 4. The first-order valence-corrected chi connectivity index (χ1v) is 6.98. The Morgan fingerprint density at radius 3 is 2.74 bits per heavy atom. The van der Waals surface area contributed by atoms with Crippen LogP contribution in [0, 0.1) is 5.92 Å². The van der Waals surface area contributed by atoms with Crippen LogP contribution in [0.5, 0.6) is 0 Å². The number of likely N-dealkylation sites (N-methyl/N-ethyl adjacent to an activating group) is 2. The Balaban J connectivity index is 2.25. The Morgan fingerprint density at radius 1 is 1.32 bits per heavy atom. The monoisotopic (exact) mass is 263 g/mol. The molecule has 1 aliphatic rings. The number of nitrogens with two attached hydrogens (primary N) is 1. The molecule has 5 nitrogen and oxygen atoms in total. The van der Waals surface area contributed by atoms with Crippen molar-refractivity contribution in [3.8, 4) is 0 Å². The lowest BCUT2D eigenvalue weighted by Crippen LogP contribution is -2.45. The molecule has 2 rings (SSSR count). The highest BCUT2D eigenvalue weighted by atomic mass is 15.3. The normalized spacial score (nSPS) is 22.1. The lowest BCUT2D eigenvalue weighted by molar-refractivity contribution is 0.109. The van der Waals surface area contributed by atoms with Crippen LogP contribution in [-0.2, 0) is 6.42 Å². The van der Waals surface area contributed by atoms with Gasteiger partial charge in [0, 0.05) is 31.4 Å². The van der Waals surface area contributed by atoms with Crippen LogP contribution in [0.1, 0.15) is 31.4 Å². The van der Waals surface area contributed by atoms with Crippen molar-refractivity contribution in [2.75, 3.05) is 39.5 Å². The van der Waals surface area contributed by atoms with E-state index in [-0.39, 0.29) is 6.04 Å². The summed E-state index contributed by atoms with van der Waals surface area (Å²) in [4.78, 5) is 13.8. The summed E-state index contributed by atoms with van der Waals surface area (Å²) in [6, 6.07) is 2.14. The SMILES string of the molecule is CC(C)Cc1cc(N)nc(C2CN(C)CCN2C)n1. The van der Waals surface area contributed by atoms with Gasteiger partial charge in [-0.15, -0.1) is 0 Å². The average molecular weight is 263 g/mol. The topological polar surface area (TPSA) is 58.3 Å². The summed E-state index contributed by atoms with van der Waals surface area (Å²) in [5, 5.41) is 0. The zero-order valence-corrected chi connectivity index (χ0v) is 12.4. The fourth-order valence-corrected chi connectivity index (χ4v) is 2.50. The quantitative estimate of drug-likeness (QED) is 0.887. The summed E-state index contributed by atoms with van der Waals surface area (Å²) >= 11 is 0. The summed E-state index contributed by atoms with van der Waals surface area (Å²) in [5.74, 6) is 2.03. The summed E-state index contributed by atoms with van der Waals surface area (Å²) in [6.07, 6.45) is 0.950. The molecule has 0 spiro atoms. The second-order valence-corrected chi connectivity index (χ2v) is 6.00. The Hall–Kier alpha value is -1.20. The second-order valence-electron chi connectivity index (χ2n) is 6.00. The highest BCUT2D eigenvalue weighted by Crippen LogP contribution is 2.22. The van der Waals surface area contributed by atoms with E-state index in [1.165, 1.54) is 0 Å². The van der Waals surface area contributed by atoms with Gasteiger partial charge >= 0.3 is 0 Å². The van der Waals surface area contributed by atoms with Gasteiger partial charge in [0.25, 0.3) is 0 Å². The summed E-state index contributed by atoms with van der Waals surface area (Å²) in [6.45, 7) is 7.48. The molecule has 0 aromatic carbocycles. The van der Waals surface area contributed by atoms with Crippen LogP contribution < -0.4 is 5.73 Å². The number of aromatic nitrogens is 2. The first kappa shape index (κ1) is 14.2. The lowest BCUT2D eigenvalue weighted by atomic mass is 10.1. The maximum absolute atomic E-state index is 5.94. The van der Waals surface area contributed by atoms with Crippen LogP contribution in [0.15, 0.2) is 6.07 Å². The third-order valence-electron chi connectivity index (χ3n) is 3.58. The Kier molecular flexibility index (Phi) is 4.37. The number of piperazine rings is 1. The van der Waals surface area contributed by atoms with Gasteiger partial charge in [0.05, 0.1) is 6.04 Å². The molecular formula is C14H25N5. The third-order valence-corrected chi connectivity index (χ3v) is 3.58. The van der Waals surface area contributed by atoms with E-state index < -0.39 is 0 Å². The molecule has 1 saturated heterocycles. The molecule has 0 amide bonds. The van der Waals surface area contributed by atoms with Gasteiger partial charge in [-0.05, 0) is 26.4 Å². The first-order valence-electron chi connectivity index (χ1n) is 6.98. The van der Waals surface area contributed by atoms with E-state index in [0.717, 1.165) is 37.6 Å². The molecule has 1 atom stereocenters. The second kappa shape index (κ2) is 5.84. The minimum Gasteiger partial charge on any atom is -0.384 e. The van der Waals surface area contributed by atoms with Crippen molar-refractivity contribution in [1.82, 2.24) is 19.8 Å². The van der Waals surface area contributed by atoms with Gasteiger partial charge in [-0.2, -0.15) is 0 Å². The fraction of sp³-hybridized carbons (Fsp3) is 0.714. The molecule has 1 unspecified atom stereocenters.